The van der Waals surface area contributed by atoms with Gasteiger partial charge < -0.3 is 9.88 Å². The van der Waals surface area contributed by atoms with Gasteiger partial charge >= 0.3 is 0 Å². The molecule has 0 aliphatic rings. The number of nitrogens with zero attached hydrogens (tertiary/aromatic N) is 2. The molecular weight excluding hydrogens is 234 g/mol. The van der Waals surface area contributed by atoms with Crippen molar-refractivity contribution in [3.8, 4) is 0 Å². The molecular formula is C16H23N3. The van der Waals surface area contributed by atoms with E-state index in [1.165, 1.54) is 11.3 Å². The minimum absolute atomic E-state index is 0.0384. The molecule has 0 bridgehead atoms. The Morgan fingerprint density at radius 3 is 2.63 bits per heavy atom. The van der Waals surface area contributed by atoms with E-state index in [-0.39, 0.29) is 5.54 Å². The van der Waals surface area contributed by atoms with Crippen molar-refractivity contribution >= 4 is 0 Å². The van der Waals surface area contributed by atoms with Gasteiger partial charge in [-0.3, -0.25) is 0 Å². The fourth-order valence-corrected chi connectivity index (χ4v) is 2.25. The predicted octanol–water partition coefficient (Wildman–Crippen LogP) is 2.97. The monoisotopic (exact) mass is 257 g/mol. The minimum atomic E-state index is -0.0384. The molecule has 1 aromatic heterocycles. The maximum atomic E-state index is 4.28. The van der Waals surface area contributed by atoms with Crippen LogP contribution in [0.15, 0.2) is 42.9 Å². The normalized spacial score (nSPS) is 11.7. The highest BCUT2D eigenvalue weighted by atomic mass is 15.1. The lowest BCUT2D eigenvalue weighted by Gasteiger charge is -2.25. The van der Waals surface area contributed by atoms with Crippen LogP contribution in [0.3, 0.4) is 0 Å². The Bertz CT molecular complexity index is 500. The summed E-state index contributed by atoms with van der Waals surface area (Å²) in [6, 6.07) is 10.6. The lowest BCUT2D eigenvalue weighted by Crippen LogP contribution is -2.35. The van der Waals surface area contributed by atoms with Gasteiger partial charge in [0.2, 0.25) is 0 Å². The Balaban J connectivity index is 1.96. The first-order valence-corrected chi connectivity index (χ1v) is 6.87. The van der Waals surface area contributed by atoms with Crippen molar-refractivity contribution in [1.29, 1.82) is 0 Å². The molecule has 1 N–H and O–H groups in total. The van der Waals surface area contributed by atoms with Crippen molar-refractivity contribution in [1.82, 2.24) is 14.9 Å². The second-order valence-electron chi connectivity index (χ2n) is 5.44. The van der Waals surface area contributed by atoms with Gasteiger partial charge in [0.15, 0.2) is 0 Å². The quantitative estimate of drug-likeness (QED) is 0.862. The second-order valence-corrected chi connectivity index (χ2v) is 5.44. The van der Waals surface area contributed by atoms with Gasteiger partial charge in [-0.25, -0.2) is 4.98 Å². The zero-order chi connectivity index (χ0) is 13.7. The highest BCUT2D eigenvalue weighted by Gasteiger charge is 2.21. The van der Waals surface area contributed by atoms with Gasteiger partial charge in [0.25, 0.3) is 0 Å². The summed E-state index contributed by atoms with van der Waals surface area (Å²) in [5.41, 5.74) is 2.60. The van der Waals surface area contributed by atoms with Crippen LogP contribution in [0.4, 0.5) is 0 Å². The molecule has 0 spiro atoms. The van der Waals surface area contributed by atoms with E-state index in [1.807, 2.05) is 19.6 Å². The molecule has 0 aliphatic heterocycles. The summed E-state index contributed by atoms with van der Waals surface area (Å²) in [5, 5.41) is 3.33. The standard InChI is InChI=1S/C16H23N3/c1-16(2,17-3)15-12-18-13-19(15)11-7-10-14-8-5-4-6-9-14/h4-6,8-9,12-13,17H,7,10-11H2,1-3H3. The smallest absolute Gasteiger partial charge is 0.0948 e. The average molecular weight is 257 g/mol. The molecule has 0 unspecified atom stereocenters. The first-order chi connectivity index (χ1) is 9.13. The Morgan fingerprint density at radius 2 is 1.95 bits per heavy atom. The minimum Gasteiger partial charge on any atom is -0.333 e. The predicted molar refractivity (Wildman–Crippen MR) is 79.1 cm³/mol. The van der Waals surface area contributed by atoms with Crippen LogP contribution in [0.1, 0.15) is 31.5 Å². The maximum Gasteiger partial charge on any atom is 0.0948 e. The van der Waals surface area contributed by atoms with E-state index in [0.717, 1.165) is 19.4 Å². The number of imidazole rings is 1. The molecule has 3 nitrogen and oxygen atoms in total. The molecule has 0 saturated heterocycles. The molecule has 2 rings (SSSR count). The molecule has 1 aromatic carbocycles. The first kappa shape index (κ1) is 13.8. The van der Waals surface area contributed by atoms with E-state index in [0.29, 0.717) is 0 Å². The SMILES string of the molecule is CNC(C)(C)c1cncn1CCCc1ccccc1. The van der Waals surface area contributed by atoms with Crippen LogP contribution in [0.5, 0.6) is 0 Å². The van der Waals surface area contributed by atoms with Gasteiger partial charge in [-0.1, -0.05) is 30.3 Å². The third kappa shape index (κ3) is 3.44. The molecule has 0 fully saturated rings. The number of rotatable bonds is 6. The largest absolute Gasteiger partial charge is 0.333 e. The summed E-state index contributed by atoms with van der Waals surface area (Å²) in [7, 11) is 1.99. The van der Waals surface area contributed by atoms with Gasteiger partial charge in [0.05, 0.1) is 17.6 Å². The van der Waals surface area contributed by atoms with Gasteiger partial charge in [-0.15, -0.1) is 0 Å². The fourth-order valence-electron chi connectivity index (χ4n) is 2.25. The van der Waals surface area contributed by atoms with Crippen LogP contribution in [-0.2, 0) is 18.5 Å². The molecule has 2 aromatic rings. The van der Waals surface area contributed by atoms with Crippen LogP contribution in [0, 0.1) is 0 Å². The number of benzene rings is 1. The summed E-state index contributed by atoms with van der Waals surface area (Å²) in [4.78, 5) is 4.28. The molecule has 3 heteroatoms. The van der Waals surface area contributed by atoms with Gasteiger partial charge in [0.1, 0.15) is 0 Å². The van der Waals surface area contributed by atoms with Crippen LogP contribution < -0.4 is 5.32 Å². The molecule has 0 atom stereocenters. The van der Waals surface area contributed by atoms with Crippen molar-refractivity contribution in [3.05, 3.63) is 54.1 Å². The van der Waals surface area contributed by atoms with Crippen LogP contribution in [0.2, 0.25) is 0 Å². The summed E-state index contributed by atoms with van der Waals surface area (Å²) in [6.45, 7) is 5.37. The Hall–Kier alpha value is -1.61. The molecule has 19 heavy (non-hydrogen) atoms. The molecule has 0 aliphatic carbocycles. The highest BCUT2D eigenvalue weighted by molar-refractivity contribution is 5.15. The molecule has 102 valence electrons. The van der Waals surface area contributed by atoms with Crippen LogP contribution in [0.25, 0.3) is 0 Å². The zero-order valence-corrected chi connectivity index (χ0v) is 12.1. The highest BCUT2D eigenvalue weighted by Crippen LogP contribution is 2.19. The summed E-state index contributed by atoms with van der Waals surface area (Å²) in [5.74, 6) is 0. The van der Waals surface area contributed by atoms with Crippen LogP contribution >= 0.6 is 0 Å². The second kappa shape index (κ2) is 6.02. The fraction of sp³-hybridized carbons (Fsp3) is 0.438. The lowest BCUT2D eigenvalue weighted by atomic mass is 10.0. The number of nitrogens with one attached hydrogen (secondary N) is 1. The van der Waals surface area contributed by atoms with Crippen LogP contribution in [-0.4, -0.2) is 16.6 Å². The Morgan fingerprint density at radius 1 is 1.21 bits per heavy atom. The van der Waals surface area contributed by atoms with E-state index < -0.39 is 0 Å². The van der Waals surface area contributed by atoms with E-state index in [1.54, 1.807) is 0 Å². The van der Waals surface area contributed by atoms with E-state index in [2.05, 4.69) is 59.0 Å². The summed E-state index contributed by atoms with van der Waals surface area (Å²) >= 11 is 0. The Labute approximate surface area is 115 Å². The molecule has 1 heterocycles. The molecule has 0 radical (unpaired) electrons. The molecule has 0 amide bonds. The van der Waals surface area contributed by atoms with Crippen molar-refractivity contribution < 1.29 is 0 Å². The van der Waals surface area contributed by atoms with Crippen molar-refractivity contribution in [2.75, 3.05) is 7.05 Å². The van der Waals surface area contributed by atoms with Crippen molar-refractivity contribution in [3.63, 3.8) is 0 Å². The zero-order valence-electron chi connectivity index (χ0n) is 12.1. The first-order valence-electron chi connectivity index (χ1n) is 6.87. The number of hydrogen-bond donors (Lipinski definition) is 1. The Kier molecular flexibility index (Phi) is 4.38. The average Bonchev–Trinajstić information content (AvgIpc) is 2.89. The third-order valence-electron chi connectivity index (χ3n) is 3.68. The van der Waals surface area contributed by atoms with Gasteiger partial charge in [-0.2, -0.15) is 0 Å². The van der Waals surface area contributed by atoms with Gasteiger partial charge in [0, 0.05) is 12.7 Å². The van der Waals surface area contributed by atoms with Crippen molar-refractivity contribution in [2.45, 2.75) is 38.8 Å². The number of aromatic nitrogens is 2. The topological polar surface area (TPSA) is 29.9 Å². The lowest BCUT2D eigenvalue weighted by molar-refractivity contribution is 0.406. The van der Waals surface area contributed by atoms with E-state index >= 15 is 0 Å². The van der Waals surface area contributed by atoms with Gasteiger partial charge in [-0.05, 0) is 39.3 Å². The molecule has 0 saturated carbocycles. The third-order valence-corrected chi connectivity index (χ3v) is 3.68. The maximum absolute atomic E-state index is 4.28. The number of aryl methyl sites for hydroxylation is 2. The summed E-state index contributed by atoms with van der Waals surface area (Å²) in [6.07, 6.45) is 6.13. The number of hydrogen-bond acceptors (Lipinski definition) is 2. The van der Waals surface area contributed by atoms with E-state index in [9.17, 15) is 0 Å². The summed E-state index contributed by atoms with van der Waals surface area (Å²) < 4.78 is 2.25. The van der Waals surface area contributed by atoms with Crippen molar-refractivity contribution in [2.24, 2.45) is 0 Å². The van der Waals surface area contributed by atoms with E-state index in [4.69, 9.17) is 0 Å².